The molecule has 2 N–H and O–H groups in total. The highest BCUT2D eigenvalue weighted by Crippen LogP contribution is 2.30. The van der Waals surface area contributed by atoms with Gasteiger partial charge in [-0.2, -0.15) is 0 Å². The lowest BCUT2D eigenvalue weighted by molar-refractivity contribution is 0.00752. The fourth-order valence-corrected chi connectivity index (χ4v) is 3.62. The summed E-state index contributed by atoms with van der Waals surface area (Å²) in [4.78, 5) is 6.89. The molecule has 0 aliphatic carbocycles. The second-order valence-electron chi connectivity index (χ2n) is 7.60. The zero-order chi connectivity index (χ0) is 19.8. The quantitative estimate of drug-likeness (QED) is 0.571. The summed E-state index contributed by atoms with van der Waals surface area (Å²) in [6.45, 7) is 11.1. The Labute approximate surface area is 168 Å². The standard InChI is InChI=1S/C21H34N4O3/c1-16(2)18(25-7-11-26-12-8-25)15-24-21(22-3)23-14-17-5-6-19-20(13-17)28-10-4-9-27-19/h5-6,13,16,18H,4,7-12,14-15H2,1-3H3,(H2,22,23,24). The molecule has 0 amide bonds. The van der Waals surface area contributed by atoms with Gasteiger partial charge in [-0.15, -0.1) is 0 Å². The first-order valence-electron chi connectivity index (χ1n) is 10.3. The molecule has 2 heterocycles. The minimum atomic E-state index is 0.459. The van der Waals surface area contributed by atoms with Crippen molar-refractivity contribution in [2.45, 2.75) is 32.9 Å². The lowest BCUT2D eigenvalue weighted by atomic mass is 10.0. The summed E-state index contributed by atoms with van der Waals surface area (Å²) in [6, 6.07) is 6.56. The summed E-state index contributed by atoms with van der Waals surface area (Å²) in [5.74, 6) is 3.03. The van der Waals surface area contributed by atoms with Crippen LogP contribution in [-0.4, -0.2) is 70.0 Å². The number of hydrogen-bond acceptors (Lipinski definition) is 5. The van der Waals surface area contributed by atoms with Crippen LogP contribution in [0, 0.1) is 5.92 Å². The average molecular weight is 391 g/mol. The zero-order valence-electron chi connectivity index (χ0n) is 17.4. The number of guanidine groups is 1. The maximum Gasteiger partial charge on any atom is 0.191 e. The van der Waals surface area contributed by atoms with E-state index in [0.29, 0.717) is 31.7 Å². The molecule has 1 aromatic carbocycles. The number of ether oxygens (including phenoxy) is 3. The summed E-state index contributed by atoms with van der Waals surface area (Å²) >= 11 is 0. The van der Waals surface area contributed by atoms with E-state index in [1.807, 2.05) is 19.2 Å². The normalized spacial score (nSPS) is 19.2. The molecule has 7 nitrogen and oxygen atoms in total. The highest BCUT2D eigenvalue weighted by Gasteiger charge is 2.23. The van der Waals surface area contributed by atoms with Gasteiger partial charge in [-0.05, 0) is 23.6 Å². The van der Waals surface area contributed by atoms with Gasteiger partial charge in [-0.3, -0.25) is 9.89 Å². The van der Waals surface area contributed by atoms with Crippen molar-refractivity contribution in [2.75, 3.05) is 53.1 Å². The largest absolute Gasteiger partial charge is 0.490 e. The van der Waals surface area contributed by atoms with Crippen molar-refractivity contribution in [1.82, 2.24) is 15.5 Å². The summed E-state index contributed by atoms with van der Waals surface area (Å²) in [5.41, 5.74) is 1.14. The van der Waals surface area contributed by atoms with Gasteiger partial charge in [-0.1, -0.05) is 19.9 Å². The van der Waals surface area contributed by atoms with E-state index in [-0.39, 0.29) is 0 Å². The van der Waals surface area contributed by atoms with Crippen LogP contribution in [-0.2, 0) is 11.3 Å². The van der Waals surface area contributed by atoms with Gasteiger partial charge in [0.15, 0.2) is 17.5 Å². The molecule has 1 aromatic rings. The predicted molar refractivity (Wildman–Crippen MR) is 111 cm³/mol. The molecule has 1 atom stereocenters. The van der Waals surface area contributed by atoms with Crippen molar-refractivity contribution in [3.63, 3.8) is 0 Å². The molecule has 2 aliphatic heterocycles. The van der Waals surface area contributed by atoms with Crippen LogP contribution in [0.2, 0.25) is 0 Å². The van der Waals surface area contributed by atoms with Gasteiger partial charge in [0.25, 0.3) is 0 Å². The molecule has 2 aliphatic rings. The SMILES string of the molecule is CN=C(NCc1ccc2c(c1)OCCCO2)NCC(C(C)C)N1CCOCC1. The number of nitrogens with zero attached hydrogens (tertiary/aromatic N) is 2. The molecule has 0 aromatic heterocycles. The smallest absolute Gasteiger partial charge is 0.191 e. The number of benzene rings is 1. The topological polar surface area (TPSA) is 67.4 Å². The van der Waals surface area contributed by atoms with Gasteiger partial charge in [0.05, 0.1) is 26.4 Å². The Bertz CT molecular complexity index is 645. The molecule has 0 saturated carbocycles. The van der Waals surface area contributed by atoms with E-state index in [1.54, 1.807) is 0 Å². The van der Waals surface area contributed by atoms with E-state index in [9.17, 15) is 0 Å². The van der Waals surface area contributed by atoms with E-state index in [0.717, 1.165) is 62.3 Å². The third kappa shape index (κ3) is 5.75. The van der Waals surface area contributed by atoms with Crippen molar-refractivity contribution < 1.29 is 14.2 Å². The number of hydrogen-bond donors (Lipinski definition) is 2. The van der Waals surface area contributed by atoms with E-state index in [4.69, 9.17) is 14.2 Å². The number of nitrogens with one attached hydrogen (secondary N) is 2. The van der Waals surface area contributed by atoms with Gasteiger partial charge in [0, 0.05) is 45.7 Å². The maximum atomic E-state index is 5.78. The Balaban J connectivity index is 1.52. The van der Waals surface area contributed by atoms with E-state index >= 15 is 0 Å². The van der Waals surface area contributed by atoms with Crippen LogP contribution in [0.25, 0.3) is 0 Å². The Kier molecular flexibility index (Phi) is 7.80. The molecule has 0 spiro atoms. The monoisotopic (exact) mass is 390 g/mol. The molecule has 0 radical (unpaired) electrons. The minimum absolute atomic E-state index is 0.459. The fraction of sp³-hybridized carbons (Fsp3) is 0.667. The highest BCUT2D eigenvalue weighted by atomic mass is 16.5. The van der Waals surface area contributed by atoms with Crippen LogP contribution < -0.4 is 20.1 Å². The van der Waals surface area contributed by atoms with Crippen LogP contribution in [0.3, 0.4) is 0 Å². The van der Waals surface area contributed by atoms with Crippen LogP contribution in [0.5, 0.6) is 11.5 Å². The summed E-state index contributed by atoms with van der Waals surface area (Å²) in [6.07, 6.45) is 0.916. The van der Waals surface area contributed by atoms with Crippen molar-refractivity contribution in [2.24, 2.45) is 10.9 Å². The molecule has 3 rings (SSSR count). The number of fused-ring (bicyclic) bond motifs is 1. The van der Waals surface area contributed by atoms with Crippen LogP contribution in [0.1, 0.15) is 25.8 Å². The Morgan fingerprint density at radius 1 is 1.07 bits per heavy atom. The molecule has 1 saturated heterocycles. The zero-order valence-corrected chi connectivity index (χ0v) is 17.4. The molecule has 1 fully saturated rings. The Hall–Kier alpha value is -1.99. The maximum absolute atomic E-state index is 5.78. The lowest BCUT2D eigenvalue weighted by Gasteiger charge is -2.37. The minimum Gasteiger partial charge on any atom is -0.490 e. The first-order valence-corrected chi connectivity index (χ1v) is 10.3. The first kappa shape index (κ1) is 20.7. The first-order chi connectivity index (χ1) is 13.7. The van der Waals surface area contributed by atoms with Gasteiger partial charge in [0.2, 0.25) is 0 Å². The lowest BCUT2D eigenvalue weighted by Crippen LogP contribution is -2.52. The predicted octanol–water partition coefficient (Wildman–Crippen LogP) is 1.87. The number of morpholine rings is 1. The number of aliphatic imine (C=N–C) groups is 1. The van der Waals surface area contributed by atoms with Gasteiger partial charge in [0.1, 0.15) is 0 Å². The third-order valence-corrected chi connectivity index (χ3v) is 5.26. The van der Waals surface area contributed by atoms with E-state index in [1.165, 1.54) is 0 Å². The molecular formula is C21H34N4O3. The molecular weight excluding hydrogens is 356 g/mol. The fourth-order valence-electron chi connectivity index (χ4n) is 3.62. The molecule has 156 valence electrons. The van der Waals surface area contributed by atoms with Gasteiger partial charge < -0.3 is 24.8 Å². The molecule has 0 bridgehead atoms. The third-order valence-electron chi connectivity index (χ3n) is 5.26. The van der Waals surface area contributed by atoms with Crippen molar-refractivity contribution in [3.8, 4) is 11.5 Å². The molecule has 1 unspecified atom stereocenters. The Morgan fingerprint density at radius 2 is 1.82 bits per heavy atom. The van der Waals surface area contributed by atoms with Crippen LogP contribution >= 0.6 is 0 Å². The Morgan fingerprint density at radius 3 is 2.54 bits per heavy atom. The average Bonchev–Trinajstić information content (AvgIpc) is 2.96. The second kappa shape index (κ2) is 10.5. The van der Waals surface area contributed by atoms with Crippen LogP contribution in [0.15, 0.2) is 23.2 Å². The van der Waals surface area contributed by atoms with E-state index < -0.39 is 0 Å². The number of rotatable bonds is 6. The highest BCUT2D eigenvalue weighted by molar-refractivity contribution is 5.79. The summed E-state index contributed by atoms with van der Waals surface area (Å²) < 4.78 is 17.0. The van der Waals surface area contributed by atoms with E-state index in [2.05, 4.69) is 40.4 Å². The van der Waals surface area contributed by atoms with Gasteiger partial charge >= 0.3 is 0 Å². The second-order valence-corrected chi connectivity index (χ2v) is 7.60. The van der Waals surface area contributed by atoms with Gasteiger partial charge in [-0.25, -0.2) is 0 Å². The molecule has 28 heavy (non-hydrogen) atoms. The van der Waals surface area contributed by atoms with Crippen LogP contribution in [0.4, 0.5) is 0 Å². The van der Waals surface area contributed by atoms with Crippen molar-refractivity contribution in [1.29, 1.82) is 0 Å². The molecule has 7 heteroatoms. The van der Waals surface area contributed by atoms with Crippen molar-refractivity contribution >= 4 is 5.96 Å². The summed E-state index contributed by atoms with van der Waals surface area (Å²) in [7, 11) is 1.81. The summed E-state index contributed by atoms with van der Waals surface area (Å²) in [5, 5.41) is 6.90. The van der Waals surface area contributed by atoms with Crippen molar-refractivity contribution in [3.05, 3.63) is 23.8 Å².